The maximum absolute atomic E-state index is 11.7. The number of hydrogen-bond acceptors (Lipinski definition) is 8. The zero-order valence-corrected chi connectivity index (χ0v) is 13.8. The van der Waals surface area contributed by atoms with Gasteiger partial charge in [0.2, 0.25) is 0 Å². The van der Waals surface area contributed by atoms with E-state index in [1.54, 1.807) is 12.4 Å². The van der Waals surface area contributed by atoms with Gasteiger partial charge in [0.25, 0.3) is 5.91 Å². The number of carbonyl (C=O) groups is 2. The van der Waals surface area contributed by atoms with Gasteiger partial charge in [-0.15, -0.1) is 5.10 Å². The van der Waals surface area contributed by atoms with E-state index in [2.05, 4.69) is 25.2 Å². The van der Waals surface area contributed by atoms with Crippen LogP contribution in [0.4, 0.5) is 0 Å². The molecule has 0 atom stereocenters. The van der Waals surface area contributed by atoms with Crippen LogP contribution in [-0.4, -0.2) is 35.4 Å². The van der Waals surface area contributed by atoms with Crippen molar-refractivity contribution in [1.29, 1.82) is 0 Å². The van der Waals surface area contributed by atoms with Gasteiger partial charge in [0.05, 0.1) is 24.4 Å². The smallest absolute Gasteiger partial charge is 0.331 e. The first kappa shape index (κ1) is 16.7. The Kier molecular flexibility index (Phi) is 5.05. The number of carbonyl (C=O) groups excluding carboxylic acids is 2. The third kappa shape index (κ3) is 4.21. The molecule has 1 N–H and O–H groups in total. The van der Waals surface area contributed by atoms with Crippen LogP contribution in [0.1, 0.15) is 5.56 Å². The molecule has 0 aliphatic carbocycles. The highest BCUT2D eigenvalue weighted by Crippen LogP contribution is 2.23. The molecule has 1 aromatic heterocycles. The molecule has 126 valence electrons. The summed E-state index contributed by atoms with van der Waals surface area (Å²) in [6.45, 7) is 0. The van der Waals surface area contributed by atoms with E-state index in [1.807, 2.05) is 24.3 Å². The number of amidine groups is 1. The van der Waals surface area contributed by atoms with Gasteiger partial charge in [-0.05, 0) is 23.4 Å². The molecule has 0 unspecified atom stereocenters. The highest BCUT2D eigenvalue weighted by molar-refractivity contribution is 8.18. The Labute approximate surface area is 146 Å². The standard InChI is InChI=1S/C16H12N4O4S/c1-23-14(21)6-13-15(22)19-16(25-13)20-18-7-10-3-2-4-11(5-10)12-8-17-9-24-12/h2-9H,1H3,(H,19,20,22)/b13-6+,18-7?. The number of rotatable bonds is 4. The van der Waals surface area contributed by atoms with E-state index in [0.29, 0.717) is 5.76 Å². The molecule has 0 spiro atoms. The molecular weight excluding hydrogens is 344 g/mol. The lowest BCUT2D eigenvalue weighted by Crippen LogP contribution is -2.19. The molecule has 3 rings (SSSR count). The number of benzene rings is 1. The number of oxazole rings is 1. The molecule has 2 aromatic rings. The lowest BCUT2D eigenvalue weighted by Gasteiger charge is -1.97. The molecule has 8 nitrogen and oxygen atoms in total. The molecule has 0 saturated carbocycles. The predicted octanol–water partition coefficient (Wildman–Crippen LogP) is 1.95. The van der Waals surface area contributed by atoms with E-state index in [0.717, 1.165) is 29.0 Å². The first-order valence-corrected chi connectivity index (χ1v) is 7.86. The maximum Gasteiger partial charge on any atom is 0.331 e. The molecular formula is C16H12N4O4S. The lowest BCUT2D eigenvalue weighted by atomic mass is 10.1. The van der Waals surface area contributed by atoms with E-state index < -0.39 is 11.9 Å². The van der Waals surface area contributed by atoms with Crippen molar-refractivity contribution < 1.29 is 18.7 Å². The number of amides is 1. The molecule has 0 bridgehead atoms. The van der Waals surface area contributed by atoms with Crippen molar-refractivity contribution in [3.8, 4) is 11.3 Å². The van der Waals surface area contributed by atoms with Gasteiger partial charge in [-0.2, -0.15) is 5.10 Å². The van der Waals surface area contributed by atoms with Crippen LogP contribution in [0.15, 0.2) is 62.5 Å². The summed E-state index contributed by atoms with van der Waals surface area (Å²) in [4.78, 5) is 26.9. The van der Waals surface area contributed by atoms with Crippen molar-refractivity contribution >= 4 is 35.0 Å². The molecule has 0 radical (unpaired) electrons. The van der Waals surface area contributed by atoms with Crippen LogP contribution >= 0.6 is 11.8 Å². The van der Waals surface area contributed by atoms with E-state index in [4.69, 9.17) is 4.42 Å². The first-order chi connectivity index (χ1) is 12.2. The fraction of sp³-hybridized carbons (Fsp3) is 0.0625. The largest absolute Gasteiger partial charge is 0.466 e. The van der Waals surface area contributed by atoms with Gasteiger partial charge < -0.3 is 9.15 Å². The Bertz CT molecular complexity index is 887. The van der Waals surface area contributed by atoms with Crippen molar-refractivity contribution in [2.45, 2.75) is 0 Å². The monoisotopic (exact) mass is 356 g/mol. The normalized spacial score (nSPS) is 17.4. The van der Waals surface area contributed by atoms with Crippen LogP contribution in [0.2, 0.25) is 0 Å². The average molecular weight is 356 g/mol. The maximum atomic E-state index is 11.7. The van der Waals surface area contributed by atoms with Crippen LogP contribution in [0.25, 0.3) is 11.3 Å². The number of hydrogen-bond donors (Lipinski definition) is 1. The lowest BCUT2D eigenvalue weighted by molar-refractivity contribution is -0.135. The summed E-state index contributed by atoms with van der Waals surface area (Å²) in [7, 11) is 1.24. The number of ether oxygens (including phenoxy) is 1. The summed E-state index contributed by atoms with van der Waals surface area (Å²) in [5, 5.41) is 10.7. The summed E-state index contributed by atoms with van der Waals surface area (Å²) in [6.07, 6.45) is 5.63. The minimum Gasteiger partial charge on any atom is -0.466 e. The SMILES string of the molecule is COC(=O)/C=C1/S/C(=N\N=Cc2cccc(-c3cnco3)c2)NC1=O. The molecule has 1 fully saturated rings. The summed E-state index contributed by atoms with van der Waals surface area (Å²) in [5.41, 5.74) is 1.67. The Morgan fingerprint density at radius 3 is 3.08 bits per heavy atom. The second kappa shape index (κ2) is 7.58. The van der Waals surface area contributed by atoms with Gasteiger partial charge in [-0.25, -0.2) is 9.78 Å². The van der Waals surface area contributed by atoms with E-state index in [1.165, 1.54) is 13.5 Å². The van der Waals surface area contributed by atoms with Gasteiger partial charge in [-0.3, -0.25) is 10.1 Å². The fourth-order valence-corrected chi connectivity index (χ4v) is 2.66. The second-order valence-electron chi connectivity index (χ2n) is 4.73. The highest BCUT2D eigenvalue weighted by Gasteiger charge is 2.24. The predicted molar refractivity (Wildman–Crippen MR) is 92.8 cm³/mol. The Hall–Kier alpha value is -3.20. The van der Waals surface area contributed by atoms with Crippen LogP contribution < -0.4 is 5.32 Å². The molecule has 9 heteroatoms. The zero-order valence-electron chi connectivity index (χ0n) is 13.0. The molecule has 1 aliphatic heterocycles. The summed E-state index contributed by atoms with van der Waals surface area (Å²) < 4.78 is 9.73. The molecule has 1 amide bonds. The number of nitrogens with zero attached hydrogens (tertiary/aromatic N) is 3. The zero-order chi connectivity index (χ0) is 17.6. The van der Waals surface area contributed by atoms with Crippen molar-refractivity contribution in [2.75, 3.05) is 7.11 Å². The molecule has 25 heavy (non-hydrogen) atoms. The first-order valence-electron chi connectivity index (χ1n) is 7.04. The quantitative estimate of drug-likeness (QED) is 0.388. The van der Waals surface area contributed by atoms with Gasteiger partial charge in [0.15, 0.2) is 17.3 Å². The number of methoxy groups -OCH3 is 1. The minimum atomic E-state index is -0.605. The summed E-state index contributed by atoms with van der Waals surface area (Å²) in [6, 6.07) is 7.47. The van der Waals surface area contributed by atoms with Crippen LogP contribution in [-0.2, 0) is 14.3 Å². The Morgan fingerprint density at radius 2 is 2.32 bits per heavy atom. The number of esters is 1. The molecule has 1 saturated heterocycles. The Balaban J connectivity index is 1.70. The van der Waals surface area contributed by atoms with Crippen molar-refractivity contribution in [3.63, 3.8) is 0 Å². The van der Waals surface area contributed by atoms with E-state index in [9.17, 15) is 9.59 Å². The van der Waals surface area contributed by atoms with Gasteiger partial charge in [0, 0.05) is 11.6 Å². The van der Waals surface area contributed by atoms with Crippen molar-refractivity contribution in [1.82, 2.24) is 10.3 Å². The van der Waals surface area contributed by atoms with E-state index >= 15 is 0 Å². The van der Waals surface area contributed by atoms with Gasteiger partial charge in [0.1, 0.15) is 0 Å². The Morgan fingerprint density at radius 1 is 1.44 bits per heavy atom. The second-order valence-corrected chi connectivity index (χ2v) is 5.76. The number of aromatic nitrogens is 1. The minimum absolute atomic E-state index is 0.202. The molecule has 1 aliphatic rings. The fourth-order valence-electron chi connectivity index (χ4n) is 1.92. The summed E-state index contributed by atoms with van der Waals surface area (Å²) >= 11 is 1.01. The average Bonchev–Trinajstić information content (AvgIpc) is 3.26. The molecule has 1 aromatic carbocycles. The van der Waals surface area contributed by atoms with E-state index in [-0.39, 0.29) is 10.1 Å². The van der Waals surface area contributed by atoms with Gasteiger partial charge >= 0.3 is 5.97 Å². The van der Waals surface area contributed by atoms with Crippen LogP contribution in [0, 0.1) is 0 Å². The third-order valence-electron chi connectivity index (χ3n) is 3.06. The van der Waals surface area contributed by atoms with Crippen LogP contribution in [0.3, 0.4) is 0 Å². The number of nitrogens with one attached hydrogen (secondary N) is 1. The van der Waals surface area contributed by atoms with Crippen LogP contribution in [0.5, 0.6) is 0 Å². The highest BCUT2D eigenvalue weighted by atomic mass is 32.2. The number of thioether (sulfide) groups is 1. The van der Waals surface area contributed by atoms with Crippen molar-refractivity contribution in [2.24, 2.45) is 10.2 Å². The third-order valence-corrected chi connectivity index (χ3v) is 3.96. The molecule has 2 heterocycles. The van der Waals surface area contributed by atoms with Crippen molar-refractivity contribution in [3.05, 3.63) is 53.4 Å². The summed E-state index contributed by atoms with van der Waals surface area (Å²) in [5.74, 6) is -0.374. The van der Waals surface area contributed by atoms with Gasteiger partial charge in [-0.1, -0.05) is 18.2 Å². The topological polar surface area (TPSA) is 106 Å².